The Morgan fingerprint density at radius 1 is 1.21 bits per heavy atom. The number of amides is 5. The van der Waals surface area contributed by atoms with Crippen molar-refractivity contribution in [3.05, 3.63) is 35.9 Å². The molecule has 1 aliphatic heterocycles. The second kappa shape index (κ2) is 13.8. The van der Waals surface area contributed by atoms with Gasteiger partial charge >= 0.3 is 38.8 Å². The van der Waals surface area contributed by atoms with E-state index in [0.29, 0.717) is 12.2 Å². The molecule has 0 saturated carbocycles. The molecule has 12 nitrogen and oxygen atoms in total. The van der Waals surface area contributed by atoms with Crippen molar-refractivity contribution in [2.24, 2.45) is 5.73 Å². The van der Waals surface area contributed by atoms with Gasteiger partial charge in [-0.05, 0) is 18.4 Å². The summed E-state index contributed by atoms with van der Waals surface area (Å²) in [6.07, 6.45) is -0.0994. The van der Waals surface area contributed by atoms with Gasteiger partial charge in [0.25, 0.3) is 5.91 Å². The molecule has 0 aromatic heterocycles. The van der Waals surface area contributed by atoms with Crippen molar-refractivity contribution >= 4 is 38.4 Å². The zero-order valence-corrected chi connectivity index (χ0v) is 20.1. The van der Waals surface area contributed by atoms with Gasteiger partial charge in [-0.15, -0.1) is 0 Å². The predicted octanol–water partition coefficient (Wildman–Crippen LogP) is 0.0798. The van der Waals surface area contributed by atoms with Crippen LogP contribution in [0.15, 0.2) is 30.3 Å². The number of rotatable bonds is 10. The number of nitrogens with zero attached hydrogens (tertiary/aromatic N) is 1. The fourth-order valence-corrected chi connectivity index (χ4v) is 3.30. The quantitative estimate of drug-likeness (QED) is 0.183. The molecule has 2 atom stereocenters. The molecule has 0 aliphatic carbocycles. The topological polar surface area (TPSA) is 186 Å². The number of hydrogen-bond donors (Lipinski definition) is 4. The van der Waals surface area contributed by atoms with Crippen molar-refractivity contribution in [3.8, 4) is 0 Å². The van der Waals surface area contributed by atoms with Crippen molar-refractivity contribution in [2.45, 2.75) is 44.6 Å². The molecule has 0 radical (unpaired) electrons. The molecule has 1 aromatic rings. The summed E-state index contributed by atoms with van der Waals surface area (Å²) in [6, 6.07) is 7.67. The van der Waals surface area contributed by atoms with Crippen LogP contribution in [0.1, 0.15) is 38.7 Å². The summed E-state index contributed by atoms with van der Waals surface area (Å²) in [5, 5.41) is 2.25. The third-order valence-corrected chi connectivity index (χ3v) is 4.88. The first kappa shape index (κ1) is 28.3. The minimum atomic E-state index is -3.29. The summed E-state index contributed by atoms with van der Waals surface area (Å²) in [5.41, 5.74) is 4.05. The first-order valence-electron chi connectivity index (χ1n) is 10.2. The van der Waals surface area contributed by atoms with Crippen LogP contribution in [0.5, 0.6) is 0 Å². The van der Waals surface area contributed by atoms with Gasteiger partial charge in [0.2, 0.25) is 5.91 Å². The fourth-order valence-electron chi connectivity index (χ4n) is 3.30. The Hall–Kier alpha value is -2.70. The van der Waals surface area contributed by atoms with E-state index in [1.165, 1.54) is 0 Å². The van der Waals surface area contributed by atoms with Gasteiger partial charge in [-0.3, -0.25) is 19.8 Å². The summed E-state index contributed by atoms with van der Waals surface area (Å²) in [4.78, 5) is 50.6. The van der Waals surface area contributed by atoms with E-state index in [4.69, 9.17) is 27.4 Å². The van der Waals surface area contributed by atoms with Crippen LogP contribution in [0, 0.1) is 0 Å². The first-order valence-corrected chi connectivity index (χ1v) is 12.4. The number of carbonyl (C=O) groups is 4. The third kappa shape index (κ3) is 7.98. The Morgan fingerprint density at radius 3 is 2.33 bits per heavy atom. The van der Waals surface area contributed by atoms with Crippen LogP contribution < -0.4 is 11.1 Å². The maximum absolute atomic E-state index is 13.3. The Balaban J connectivity index is 0.00000125. The standard InChI is InChI=1S/C20H27N3O6.H2O3Se/c1-3-5-11-28-13-15(29-18(21)26)12-23-17(25)20(4-2,16(24)22-19(23)27)14-9-7-6-8-10-14;1-4(2)3/h6-10,15H,3-5,11-13H2,1-2H3,(H2,21,26)(H,22,24,27);(H2,1,2,3). The number of benzene rings is 1. The minimum absolute atomic E-state index is 0.0294. The van der Waals surface area contributed by atoms with E-state index in [0.717, 1.165) is 17.7 Å². The monoisotopic (exact) mass is 535 g/mol. The summed E-state index contributed by atoms with van der Waals surface area (Å²) in [5.74, 6) is -1.35. The molecule has 2 rings (SSSR count). The van der Waals surface area contributed by atoms with Crippen LogP contribution in [0.3, 0.4) is 0 Å². The summed E-state index contributed by atoms with van der Waals surface area (Å²) in [6.45, 7) is 3.84. The van der Waals surface area contributed by atoms with Crippen molar-refractivity contribution < 1.29 is 40.9 Å². The Morgan fingerprint density at radius 2 is 1.82 bits per heavy atom. The molecular formula is C20H29N3O9Se. The molecule has 2 unspecified atom stereocenters. The van der Waals surface area contributed by atoms with Crippen LogP contribution in [0.2, 0.25) is 0 Å². The Labute approximate surface area is 195 Å². The number of unbranched alkanes of at least 4 members (excludes halogenated alkanes) is 1. The van der Waals surface area contributed by atoms with Gasteiger partial charge in [0, 0.05) is 6.61 Å². The Kier molecular flexibility index (Phi) is 11.8. The first-order chi connectivity index (χ1) is 15.6. The number of nitrogens with two attached hydrogens (primary N) is 1. The van der Waals surface area contributed by atoms with Gasteiger partial charge in [0.05, 0.1) is 13.2 Å². The van der Waals surface area contributed by atoms with Crippen molar-refractivity contribution in [2.75, 3.05) is 19.8 Å². The second-order valence-electron chi connectivity index (χ2n) is 7.02. The molecule has 184 valence electrons. The predicted molar refractivity (Wildman–Crippen MR) is 115 cm³/mol. The van der Waals surface area contributed by atoms with E-state index >= 15 is 0 Å². The van der Waals surface area contributed by atoms with Gasteiger partial charge in [0.1, 0.15) is 6.10 Å². The van der Waals surface area contributed by atoms with Gasteiger partial charge in [-0.2, -0.15) is 0 Å². The number of imide groups is 2. The van der Waals surface area contributed by atoms with Crippen LogP contribution in [0.4, 0.5) is 9.59 Å². The number of barbiturate groups is 1. The number of carbonyl (C=O) groups excluding carboxylic acids is 4. The molecular weight excluding hydrogens is 505 g/mol. The molecule has 5 amide bonds. The summed E-state index contributed by atoms with van der Waals surface area (Å²) >= 11 is -3.29. The van der Waals surface area contributed by atoms with Crippen molar-refractivity contribution in [1.29, 1.82) is 0 Å². The molecule has 0 spiro atoms. The van der Waals surface area contributed by atoms with Crippen LogP contribution in [-0.4, -0.2) is 77.6 Å². The van der Waals surface area contributed by atoms with E-state index in [9.17, 15) is 19.2 Å². The normalized spacial score (nSPS) is 18.9. The van der Waals surface area contributed by atoms with Gasteiger partial charge in [0.15, 0.2) is 5.41 Å². The number of ether oxygens (including phenoxy) is 2. The number of hydrogen-bond acceptors (Lipinski definition) is 7. The molecule has 0 bridgehead atoms. The van der Waals surface area contributed by atoms with Crippen LogP contribution in [0.25, 0.3) is 0 Å². The van der Waals surface area contributed by atoms with E-state index in [1.54, 1.807) is 37.3 Å². The molecule has 1 fully saturated rings. The molecule has 1 aromatic carbocycles. The third-order valence-electron chi connectivity index (χ3n) is 4.88. The second-order valence-corrected chi connectivity index (χ2v) is 7.99. The average Bonchev–Trinajstić information content (AvgIpc) is 2.74. The molecule has 1 aliphatic rings. The molecule has 33 heavy (non-hydrogen) atoms. The Bertz CT molecular complexity index is 848. The molecule has 1 saturated heterocycles. The summed E-state index contributed by atoms with van der Waals surface area (Å²) in [7, 11) is 0. The number of primary amides is 1. The van der Waals surface area contributed by atoms with Gasteiger partial charge in [-0.1, -0.05) is 50.6 Å². The molecule has 1 heterocycles. The van der Waals surface area contributed by atoms with Crippen molar-refractivity contribution in [3.63, 3.8) is 0 Å². The zero-order chi connectivity index (χ0) is 25.0. The van der Waals surface area contributed by atoms with E-state index < -0.39 is 50.0 Å². The zero-order valence-electron chi connectivity index (χ0n) is 18.4. The van der Waals surface area contributed by atoms with E-state index in [-0.39, 0.29) is 19.6 Å². The molecule has 5 N–H and O–H groups in total. The molecule has 13 heteroatoms. The van der Waals surface area contributed by atoms with E-state index in [1.807, 2.05) is 6.92 Å². The van der Waals surface area contributed by atoms with Crippen LogP contribution in [-0.2, 0) is 28.3 Å². The van der Waals surface area contributed by atoms with E-state index in [2.05, 4.69) is 5.32 Å². The number of urea groups is 1. The van der Waals surface area contributed by atoms with Gasteiger partial charge in [-0.25, -0.2) is 9.59 Å². The van der Waals surface area contributed by atoms with Crippen LogP contribution >= 0.6 is 0 Å². The van der Waals surface area contributed by atoms with Crippen molar-refractivity contribution in [1.82, 2.24) is 10.2 Å². The number of nitrogens with one attached hydrogen (secondary N) is 1. The fraction of sp³-hybridized carbons (Fsp3) is 0.500. The summed E-state index contributed by atoms with van der Waals surface area (Å²) < 4.78 is 33.6. The maximum atomic E-state index is 13.3. The SMILES string of the molecule is CCCCOCC(CN1C(=O)NC(=O)C(CC)(c2ccccc2)C1=O)OC(N)=O.O=[Se](O)O. The average molecular weight is 534 g/mol. The van der Waals surface area contributed by atoms with Gasteiger partial charge < -0.3 is 15.2 Å².